The predicted molar refractivity (Wildman–Crippen MR) is 78.0 cm³/mol. The Kier molecular flexibility index (Phi) is 3.24. The van der Waals surface area contributed by atoms with Crippen molar-refractivity contribution >= 4 is 34.8 Å². The van der Waals surface area contributed by atoms with E-state index in [4.69, 9.17) is 23.2 Å². The highest BCUT2D eigenvalue weighted by Gasteiger charge is 2.47. The van der Waals surface area contributed by atoms with E-state index in [0.29, 0.717) is 16.6 Å². The lowest BCUT2D eigenvalue weighted by Crippen LogP contribution is -2.36. The van der Waals surface area contributed by atoms with Gasteiger partial charge in [-0.2, -0.15) is 0 Å². The van der Waals surface area contributed by atoms with Gasteiger partial charge in [0.2, 0.25) is 5.91 Å². The molecule has 19 heavy (non-hydrogen) atoms. The molecule has 1 saturated carbocycles. The standard InChI is InChI=1S/C14H16Cl2N2O/c1-17-7-13(19)18(9-14(8-17)4-5-14)10-2-3-11(15)12(16)6-10/h2-3,6H,4-5,7-9H2,1H3. The Morgan fingerprint density at radius 2 is 1.89 bits per heavy atom. The van der Waals surface area contributed by atoms with Gasteiger partial charge in [-0.05, 0) is 38.1 Å². The molecule has 0 unspecified atom stereocenters. The molecule has 3 nitrogen and oxygen atoms in total. The van der Waals surface area contributed by atoms with Crippen LogP contribution in [0.25, 0.3) is 0 Å². The van der Waals surface area contributed by atoms with Crippen molar-refractivity contribution in [3.63, 3.8) is 0 Å². The number of hydrogen-bond acceptors (Lipinski definition) is 2. The Hall–Kier alpha value is -0.770. The quantitative estimate of drug-likeness (QED) is 0.795. The number of carbonyl (C=O) groups excluding carboxylic acids is 1. The monoisotopic (exact) mass is 298 g/mol. The van der Waals surface area contributed by atoms with E-state index in [1.165, 1.54) is 12.8 Å². The van der Waals surface area contributed by atoms with E-state index in [9.17, 15) is 4.79 Å². The summed E-state index contributed by atoms with van der Waals surface area (Å²) in [6.07, 6.45) is 2.39. The molecule has 5 heteroatoms. The zero-order valence-electron chi connectivity index (χ0n) is 10.8. The minimum atomic E-state index is 0.129. The Labute approximate surface area is 123 Å². The minimum absolute atomic E-state index is 0.129. The van der Waals surface area contributed by atoms with Crippen LogP contribution in [0.15, 0.2) is 18.2 Å². The van der Waals surface area contributed by atoms with Crippen LogP contribution >= 0.6 is 23.2 Å². The van der Waals surface area contributed by atoms with Gasteiger partial charge in [0.1, 0.15) is 0 Å². The van der Waals surface area contributed by atoms with E-state index in [-0.39, 0.29) is 11.3 Å². The Morgan fingerprint density at radius 1 is 1.16 bits per heavy atom. The van der Waals surface area contributed by atoms with Crippen LogP contribution in [0.5, 0.6) is 0 Å². The molecule has 3 rings (SSSR count). The Morgan fingerprint density at radius 3 is 2.53 bits per heavy atom. The number of likely N-dealkylation sites (N-methyl/N-ethyl adjacent to an activating group) is 1. The van der Waals surface area contributed by atoms with Crippen LogP contribution in [0.1, 0.15) is 12.8 Å². The summed E-state index contributed by atoms with van der Waals surface area (Å²) in [5.41, 5.74) is 1.13. The van der Waals surface area contributed by atoms with Crippen molar-refractivity contribution in [2.45, 2.75) is 12.8 Å². The molecule has 1 spiro atoms. The molecule has 2 fully saturated rings. The van der Waals surface area contributed by atoms with E-state index < -0.39 is 0 Å². The zero-order valence-corrected chi connectivity index (χ0v) is 12.3. The first-order valence-electron chi connectivity index (χ1n) is 6.43. The van der Waals surface area contributed by atoms with Crippen molar-refractivity contribution in [2.75, 3.05) is 31.6 Å². The number of halogens is 2. The summed E-state index contributed by atoms with van der Waals surface area (Å²) in [6, 6.07) is 5.40. The lowest BCUT2D eigenvalue weighted by atomic mass is 10.1. The van der Waals surface area contributed by atoms with Crippen LogP contribution in [-0.4, -0.2) is 37.5 Å². The number of hydrogen-bond donors (Lipinski definition) is 0. The summed E-state index contributed by atoms with van der Waals surface area (Å²) >= 11 is 12.0. The van der Waals surface area contributed by atoms with Gasteiger partial charge in [0.25, 0.3) is 0 Å². The van der Waals surface area contributed by atoms with Gasteiger partial charge < -0.3 is 4.90 Å². The zero-order chi connectivity index (χ0) is 13.6. The molecule has 1 aliphatic carbocycles. The molecule has 0 N–H and O–H groups in total. The molecule has 0 bridgehead atoms. The molecule has 1 aromatic carbocycles. The van der Waals surface area contributed by atoms with E-state index in [0.717, 1.165) is 18.8 Å². The van der Waals surface area contributed by atoms with Gasteiger partial charge in [0.15, 0.2) is 0 Å². The summed E-state index contributed by atoms with van der Waals surface area (Å²) in [7, 11) is 2.01. The summed E-state index contributed by atoms with van der Waals surface area (Å²) in [6.45, 7) is 2.24. The summed E-state index contributed by atoms with van der Waals surface area (Å²) in [4.78, 5) is 16.3. The van der Waals surface area contributed by atoms with Gasteiger partial charge in [0.05, 0.1) is 16.6 Å². The number of amides is 1. The van der Waals surface area contributed by atoms with Gasteiger partial charge in [-0.1, -0.05) is 23.2 Å². The molecule has 1 aromatic rings. The fourth-order valence-electron chi connectivity index (χ4n) is 2.80. The molecule has 1 saturated heterocycles. The normalized spacial score (nSPS) is 22.7. The maximum atomic E-state index is 12.3. The highest BCUT2D eigenvalue weighted by molar-refractivity contribution is 6.42. The summed E-state index contributed by atoms with van der Waals surface area (Å²) in [5, 5.41) is 1.01. The van der Waals surface area contributed by atoms with Crippen LogP contribution in [-0.2, 0) is 4.79 Å². The van der Waals surface area contributed by atoms with Crippen LogP contribution in [0, 0.1) is 5.41 Å². The second-order valence-corrected chi connectivity index (χ2v) is 6.56. The van der Waals surface area contributed by atoms with Crippen molar-refractivity contribution in [2.24, 2.45) is 5.41 Å². The third-order valence-electron chi connectivity index (χ3n) is 3.98. The molecule has 0 radical (unpaired) electrons. The second kappa shape index (κ2) is 4.65. The number of benzene rings is 1. The maximum Gasteiger partial charge on any atom is 0.241 e. The molecule has 1 heterocycles. The number of carbonyl (C=O) groups is 1. The largest absolute Gasteiger partial charge is 0.311 e. The van der Waals surface area contributed by atoms with Crippen LogP contribution in [0.4, 0.5) is 5.69 Å². The number of anilines is 1. The SMILES string of the molecule is CN1CC(=O)N(c2ccc(Cl)c(Cl)c2)CC2(CC2)C1. The molecule has 2 aliphatic rings. The van der Waals surface area contributed by atoms with Crippen molar-refractivity contribution < 1.29 is 4.79 Å². The third-order valence-corrected chi connectivity index (χ3v) is 4.72. The van der Waals surface area contributed by atoms with Gasteiger partial charge in [-0.25, -0.2) is 0 Å². The van der Waals surface area contributed by atoms with Crippen molar-refractivity contribution in [3.05, 3.63) is 28.2 Å². The highest BCUT2D eigenvalue weighted by Crippen LogP contribution is 2.48. The average molecular weight is 299 g/mol. The van der Waals surface area contributed by atoms with Crippen molar-refractivity contribution in [1.82, 2.24) is 4.90 Å². The summed E-state index contributed by atoms with van der Waals surface area (Å²) < 4.78 is 0. The first kappa shape index (κ1) is 13.2. The van der Waals surface area contributed by atoms with Gasteiger partial charge in [0, 0.05) is 24.2 Å². The van der Waals surface area contributed by atoms with Crippen LogP contribution in [0.3, 0.4) is 0 Å². The smallest absolute Gasteiger partial charge is 0.241 e. The Balaban J connectivity index is 1.93. The van der Waals surface area contributed by atoms with E-state index >= 15 is 0 Å². The van der Waals surface area contributed by atoms with E-state index in [1.807, 2.05) is 18.0 Å². The van der Waals surface area contributed by atoms with E-state index in [1.54, 1.807) is 12.1 Å². The van der Waals surface area contributed by atoms with Gasteiger partial charge in [-0.3, -0.25) is 9.69 Å². The molecule has 1 amide bonds. The molecule has 1 aliphatic heterocycles. The van der Waals surface area contributed by atoms with E-state index in [2.05, 4.69) is 4.90 Å². The molecular weight excluding hydrogens is 283 g/mol. The molecule has 0 atom stereocenters. The third kappa shape index (κ3) is 2.60. The topological polar surface area (TPSA) is 23.6 Å². The van der Waals surface area contributed by atoms with Gasteiger partial charge in [-0.15, -0.1) is 0 Å². The fourth-order valence-corrected chi connectivity index (χ4v) is 3.09. The second-order valence-electron chi connectivity index (χ2n) is 5.75. The van der Waals surface area contributed by atoms with Crippen LogP contribution < -0.4 is 4.90 Å². The first-order chi connectivity index (χ1) is 8.99. The highest BCUT2D eigenvalue weighted by atomic mass is 35.5. The summed E-state index contributed by atoms with van der Waals surface area (Å²) in [5.74, 6) is 0.129. The van der Waals surface area contributed by atoms with Crippen LogP contribution in [0.2, 0.25) is 10.0 Å². The lowest BCUT2D eigenvalue weighted by molar-refractivity contribution is -0.118. The molecule has 0 aromatic heterocycles. The fraction of sp³-hybridized carbons (Fsp3) is 0.500. The van der Waals surface area contributed by atoms with Crippen molar-refractivity contribution in [1.29, 1.82) is 0 Å². The van der Waals surface area contributed by atoms with Gasteiger partial charge >= 0.3 is 0 Å². The molecule has 102 valence electrons. The molecular formula is C14H16Cl2N2O. The first-order valence-corrected chi connectivity index (χ1v) is 7.19. The average Bonchev–Trinajstić information content (AvgIpc) is 3.10. The van der Waals surface area contributed by atoms with Crippen molar-refractivity contribution in [3.8, 4) is 0 Å². The number of nitrogens with zero attached hydrogens (tertiary/aromatic N) is 2. The lowest BCUT2D eigenvalue weighted by Gasteiger charge is -2.24. The predicted octanol–water partition coefficient (Wildman–Crippen LogP) is 3.05. The maximum absolute atomic E-state index is 12.3. The Bertz CT molecular complexity index is 528. The number of rotatable bonds is 1. The minimum Gasteiger partial charge on any atom is -0.311 e.